The molecule has 0 aliphatic carbocycles. The highest BCUT2D eigenvalue weighted by molar-refractivity contribution is 7.89. The molecule has 0 bridgehead atoms. The van der Waals surface area contributed by atoms with Crippen molar-refractivity contribution in [3.05, 3.63) is 0 Å². The number of unbranched alkanes of at least 4 members (excludes halogenated alkanes) is 2. The predicted octanol–water partition coefficient (Wildman–Crippen LogP) is 0.709. The van der Waals surface area contributed by atoms with Crippen LogP contribution in [-0.4, -0.2) is 33.8 Å². The molecule has 1 rings (SSSR count). The Morgan fingerprint density at radius 3 is 2.88 bits per heavy atom. The van der Waals surface area contributed by atoms with Crippen LogP contribution in [0.15, 0.2) is 0 Å². The minimum Gasteiger partial charge on any atom is -0.316 e. The van der Waals surface area contributed by atoms with Crippen molar-refractivity contribution in [1.82, 2.24) is 10.0 Å². The van der Waals surface area contributed by atoms with Crippen molar-refractivity contribution in [2.24, 2.45) is 5.92 Å². The molecular formula is C12H22N2O2S. The number of rotatable bonds is 7. The summed E-state index contributed by atoms with van der Waals surface area (Å²) in [5.41, 5.74) is 0. The molecule has 0 saturated carbocycles. The van der Waals surface area contributed by atoms with E-state index in [-0.39, 0.29) is 11.7 Å². The van der Waals surface area contributed by atoms with Crippen LogP contribution in [0.2, 0.25) is 0 Å². The van der Waals surface area contributed by atoms with Crippen LogP contribution >= 0.6 is 0 Å². The maximum atomic E-state index is 11.8. The van der Waals surface area contributed by atoms with Gasteiger partial charge in [0.15, 0.2) is 0 Å². The summed E-state index contributed by atoms with van der Waals surface area (Å²) in [5, 5.41) is 3.23. The lowest BCUT2D eigenvalue weighted by molar-refractivity contribution is 0.402. The van der Waals surface area contributed by atoms with Crippen LogP contribution in [0.1, 0.15) is 32.1 Å². The zero-order valence-corrected chi connectivity index (χ0v) is 11.1. The van der Waals surface area contributed by atoms with Gasteiger partial charge in [-0.05, 0) is 44.7 Å². The Bertz CT molecular complexity index is 340. The molecule has 1 saturated heterocycles. The molecule has 0 radical (unpaired) electrons. The molecule has 1 unspecified atom stereocenters. The molecule has 98 valence electrons. The molecule has 0 aromatic carbocycles. The average Bonchev–Trinajstić information content (AvgIpc) is 2.29. The van der Waals surface area contributed by atoms with Gasteiger partial charge in [0.25, 0.3) is 0 Å². The van der Waals surface area contributed by atoms with Gasteiger partial charge in [-0.2, -0.15) is 0 Å². The Hall–Kier alpha value is -0.570. The second-order valence-electron chi connectivity index (χ2n) is 4.55. The Labute approximate surface area is 105 Å². The summed E-state index contributed by atoms with van der Waals surface area (Å²) in [6.45, 7) is 2.33. The quantitative estimate of drug-likeness (QED) is 0.522. The summed E-state index contributed by atoms with van der Waals surface area (Å²) < 4.78 is 26.1. The lowest BCUT2D eigenvalue weighted by Gasteiger charge is -2.22. The van der Waals surface area contributed by atoms with Crippen LogP contribution < -0.4 is 10.0 Å². The minimum atomic E-state index is -3.11. The van der Waals surface area contributed by atoms with Gasteiger partial charge in [0.05, 0.1) is 5.75 Å². The molecule has 0 spiro atoms. The van der Waals surface area contributed by atoms with Gasteiger partial charge >= 0.3 is 0 Å². The molecule has 1 aliphatic rings. The zero-order chi connectivity index (χ0) is 12.6. The van der Waals surface area contributed by atoms with Crippen LogP contribution in [0.5, 0.6) is 0 Å². The summed E-state index contributed by atoms with van der Waals surface area (Å²) in [4.78, 5) is 0. The second kappa shape index (κ2) is 7.70. The molecule has 1 atom stereocenters. The Morgan fingerprint density at radius 2 is 2.24 bits per heavy atom. The fraction of sp³-hybridized carbons (Fsp3) is 0.833. The fourth-order valence-corrected chi connectivity index (χ4v) is 3.49. The molecule has 1 aliphatic heterocycles. The Balaban J connectivity index is 2.19. The van der Waals surface area contributed by atoms with E-state index in [0.29, 0.717) is 13.0 Å². The molecule has 1 heterocycles. The number of sulfonamides is 1. The smallest absolute Gasteiger partial charge is 0.211 e. The second-order valence-corrected chi connectivity index (χ2v) is 6.40. The number of piperidine rings is 1. The average molecular weight is 258 g/mol. The molecule has 0 aromatic rings. The standard InChI is InChI=1S/C12H22N2O2S/c1-2-3-4-5-9-14-17(15,16)11-12-7-6-8-13-10-12/h1,12-14H,3-11H2. The van der Waals surface area contributed by atoms with Gasteiger partial charge in [0.1, 0.15) is 0 Å². The third kappa shape index (κ3) is 6.67. The van der Waals surface area contributed by atoms with Crippen molar-refractivity contribution >= 4 is 10.0 Å². The Kier molecular flexibility index (Phi) is 6.56. The first kappa shape index (κ1) is 14.5. The van der Waals surface area contributed by atoms with E-state index < -0.39 is 10.0 Å². The summed E-state index contributed by atoms with van der Waals surface area (Å²) in [7, 11) is -3.11. The van der Waals surface area contributed by atoms with E-state index in [2.05, 4.69) is 16.0 Å². The van der Waals surface area contributed by atoms with E-state index >= 15 is 0 Å². The van der Waals surface area contributed by atoms with Crippen LogP contribution in [0.25, 0.3) is 0 Å². The third-order valence-electron chi connectivity index (χ3n) is 2.92. The topological polar surface area (TPSA) is 58.2 Å². The highest BCUT2D eigenvalue weighted by Gasteiger charge is 2.20. The first-order valence-corrected chi connectivity index (χ1v) is 7.91. The molecule has 17 heavy (non-hydrogen) atoms. The third-order valence-corrected chi connectivity index (χ3v) is 4.48. The van der Waals surface area contributed by atoms with E-state index in [1.807, 2.05) is 0 Å². The SMILES string of the molecule is C#CCCCCNS(=O)(=O)CC1CCCNC1. The summed E-state index contributed by atoms with van der Waals surface area (Å²) in [6, 6.07) is 0. The van der Waals surface area contributed by atoms with Gasteiger partial charge in [-0.25, -0.2) is 13.1 Å². The minimum absolute atomic E-state index is 0.245. The van der Waals surface area contributed by atoms with Crippen molar-refractivity contribution in [3.63, 3.8) is 0 Å². The number of hydrogen-bond donors (Lipinski definition) is 2. The van der Waals surface area contributed by atoms with E-state index in [4.69, 9.17) is 6.42 Å². The largest absolute Gasteiger partial charge is 0.316 e. The predicted molar refractivity (Wildman–Crippen MR) is 70.1 cm³/mol. The van der Waals surface area contributed by atoms with Crippen LogP contribution in [0.4, 0.5) is 0 Å². The van der Waals surface area contributed by atoms with Gasteiger partial charge in [-0.1, -0.05) is 0 Å². The maximum absolute atomic E-state index is 11.8. The molecular weight excluding hydrogens is 236 g/mol. The molecule has 1 fully saturated rings. The van der Waals surface area contributed by atoms with Crippen molar-refractivity contribution in [2.45, 2.75) is 32.1 Å². The molecule has 2 N–H and O–H groups in total. The molecule has 4 nitrogen and oxygen atoms in total. The summed E-state index contributed by atoms with van der Waals surface area (Å²) in [5.74, 6) is 3.05. The molecule has 0 amide bonds. The molecule has 5 heteroatoms. The highest BCUT2D eigenvalue weighted by Crippen LogP contribution is 2.11. The van der Waals surface area contributed by atoms with E-state index in [0.717, 1.165) is 38.8 Å². The van der Waals surface area contributed by atoms with Gasteiger partial charge in [0, 0.05) is 13.0 Å². The van der Waals surface area contributed by atoms with Gasteiger partial charge < -0.3 is 5.32 Å². The van der Waals surface area contributed by atoms with Crippen molar-refractivity contribution in [2.75, 3.05) is 25.4 Å². The monoisotopic (exact) mass is 258 g/mol. The normalized spacial score (nSPS) is 21.0. The summed E-state index contributed by atoms with van der Waals surface area (Å²) >= 11 is 0. The Morgan fingerprint density at radius 1 is 1.41 bits per heavy atom. The van der Waals surface area contributed by atoms with Gasteiger partial charge in [-0.15, -0.1) is 12.3 Å². The first-order valence-electron chi connectivity index (χ1n) is 6.25. The maximum Gasteiger partial charge on any atom is 0.211 e. The van der Waals surface area contributed by atoms with Crippen LogP contribution in [0.3, 0.4) is 0 Å². The summed E-state index contributed by atoms with van der Waals surface area (Å²) in [6.07, 6.45) is 9.61. The molecule has 0 aromatic heterocycles. The van der Waals surface area contributed by atoms with Crippen molar-refractivity contribution < 1.29 is 8.42 Å². The fourth-order valence-electron chi connectivity index (χ4n) is 2.02. The lowest BCUT2D eigenvalue weighted by Crippen LogP contribution is -2.37. The number of nitrogens with one attached hydrogen (secondary N) is 2. The van der Waals surface area contributed by atoms with E-state index in [1.165, 1.54) is 0 Å². The van der Waals surface area contributed by atoms with Crippen LogP contribution in [0, 0.1) is 18.3 Å². The van der Waals surface area contributed by atoms with Gasteiger partial charge in [0.2, 0.25) is 10.0 Å². The van der Waals surface area contributed by atoms with E-state index in [9.17, 15) is 8.42 Å². The zero-order valence-electron chi connectivity index (χ0n) is 10.2. The highest BCUT2D eigenvalue weighted by atomic mass is 32.2. The van der Waals surface area contributed by atoms with Crippen LogP contribution in [-0.2, 0) is 10.0 Å². The number of terminal acetylenes is 1. The number of hydrogen-bond acceptors (Lipinski definition) is 3. The van der Waals surface area contributed by atoms with Crippen molar-refractivity contribution in [3.8, 4) is 12.3 Å². The van der Waals surface area contributed by atoms with Gasteiger partial charge in [-0.3, -0.25) is 0 Å². The lowest BCUT2D eigenvalue weighted by atomic mass is 10.0. The van der Waals surface area contributed by atoms with Crippen molar-refractivity contribution in [1.29, 1.82) is 0 Å². The first-order chi connectivity index (χ1) is 8.14. The van der Waals surface area contributed by atoms with E-state index in [1.54, 1.807) is 0 Å².